The molecule has 0 aliphatic heterocycles. The van der Waals surface area contributed by atoms with E-state index in [9.17, 15) is 0 Å². The van der Waals surface area contributed by atoms with Crippen LogP contribution in [0.25, 0.3) is 80.3 Å². The normalized spacial score (nSPS) is 12.0. The fourth-order valence-electron chi connectivity index (χ4n) is 6.47. The summed E-state index contributed by atoms with van der Waals surface area (Å²) in [6.07, 6.45) is 0. The summed E-state index contributed by atoms with van der Waals surface area (Å²) >= 11 is 1.88. The molecule has 0 saturated heterocycles. The molecule has 40 heavy (non-hydrogen) atoms. The van der Waals surface area contributed by atoms with Crippen molar-refractivity contribution in [1.29, 1.82) is 0 Å². The summed E-state index contributed by atoms with van der Waals surface area (Å²) in [6, 6.07) is 51.3. The molecule has 2 heteroatoms. The fraction of sp³-hybridized carbons (Fsp3) is 0. The molecule has 0 N–H and O–H groups in total. The topological polar surface area (TPSA) is 4.93 Å². The van der Waals surface area contributed by atoms with Crippen molar-refractivity contribution in [3.8, 4) is 16.8 Å². The van der Waals surface area contributed by atoms with Crippen molar-refractivity contribution in [2.24, 2.45) is 0 Å². The average molecular weight is 526 g/mol. The molecule has 0 amide bonds. The van der Waals surface area contributed by atoms with Gasteiger partial charge in [-0.1, -0.05) is 91.0 Å². The molecule has 7 aromatic carbocycles. The summed E-state index contributed by atoms with van der Waals surface area (Å²) in [5, 5.41) is 10.4. The van der Waals surface area contributed by atoms with Crippen LogP contribution in [0.1, 0.15) is 0 Å². The summed E-state index contributed by atoms with van der Waals surface area (Å²) in [4.78, 5) is 0. The van der Waals surface area contributed by atoms with Gasteiger partial charge in [0.05, 0.1) is 11.0 Å². The molecule has 0 unspecified atom stereocenters. The molecule has 2 aromatic heterocycles. The molecular weight excluding hydrogens is 502 g/mol. The minimum absolute atomic E-state index is 1.19. The van der Waals surface area contributed by atoms with E-state index >= 15 is 0 Å². The van der Waals surface area contributed by atoms with Gasteiger partial charge in [0.25, 0.3) is 0 Å². The molecule has 0 fully saturated rings. The highest BCUT2D eigenvalue weighted by atomic mass is 32.1. The van der Waals surface area contributed by atoms with Crippen LogP contribution in [0.15, 0.2) is 140 Å². The van der Waals surface area contributed by atoms with Gasteiger partial charge in [0.2, 0.25) is 0 Å². The van der Waals surface area contributed by atoms with Crippen molar-refractivity contribution in [3.05, 3.63) is 140 Å². The monoisotopic (exact) mass is 525 g/mol. The van der Waals surface area contributed by atoms with Gasteiger partial charge >= 0.3 is 0 Å². The second kappa shape index (κ2) is 8.29. The zero-order valence-electron chi connectivity index (χ0n) is 21.6. The number of rotatable bonds is 2. The lowest BCUT2D eigenvalue weighted by molar-refractivity contribution is 1.19. The lowest BCUT2D eigenvalue weighted by atomic mass is 9.98. The molecule has 9 aromatic rings. The van der Waals surface area contributed by atoms with Gasteiger partial charge in [-0.3, -0.25) is 0 Å². The van der Waals surface area contributed by atoms with Gasteiger partial charge < -0.3 is 4.57 Å². The van der Waals surface area contributed by atoms with Crippen LogP contribution in [0, 0.1) is 0 Å². The molecule has 0 aliphatic carbocycles. The summed E-state index contributed by atoms with van der Waals surface area (Å²) in [5.74, 6) is 0. The Morgan fingerprint density at radius 1 is 0.400 bits per heavy atom. The molecule has 9 rings (SSSR count). The average Bonchev–Trinajstić information content (AvgIpc) is 3.55. The fourth-order valence-corrected chi connectivity index (χ4v) is 7.58. The summed E-state index contributed by atoms with van der Waals surface area (Å²) in [7, 11) is 0. The van der Waals surface area contributed by atoms with E-state index in [0.29, 0.717) is 0 Å². The molecule has 0 radical (unpaired) electrons. The molecular formula is C38H23NS. The minimum Gasteiger partial charge on any atom is -0.309 e. The van der Waals surface area contributed by atoms with Crippen LogP contribution < -0.4 is 0 Å². The number of aromatic nitrogens is 1. The van der Waals surface area contributed by atoms with Crippen molar-refractivity contribution in [2.75, 3.05) is 0 Å². The maximum Gasteiger partial charge on any atom is 0.0548 e. The van der Waals surface area contributed by atoms with Crippen molar-refractivity contribution in [1.82, 2.24) is 4.57 Å². The molecule has 186 valence electrons. The zero-order valence-corrected chi connectivity index (χ0v) is 22.5. The van der Waals surface area contributed by atoms with Gasteiger partial charge in [-0.25, -0.2) is 0 Å². The predicted octanol–water partition coefficient (Wildman–Crippen LogP) is 11.1. The number of nitrogens with zero attached hydrogens (tertiary/aromatic N) is 1. The first-order valence-electron chi connectivity index (χ1n) is 13.7. The Hall–Kier alpha value is -4.92. The minimum atomic E-state index is 1.19. The van der Waals surface area contributed by atoms with E-state index in [2.05, 4.69) is 144 Å². The lowest BCUT2D eigenvalue weighted by Gasteiger charge is -2.10. The Bertz CT molecular complexity index is 2440. The van der Waals surface area contributed by atoms with Gasteiger partial charge in [0.15, 0.2) is 0 Å². The Labute approximate surface area is 235 Å². The Morgan fingerprint density at radius 2 is 1.05 bits per heavy atom. The highest BCUT2D eigenvalue weighted by Crippen LogP contribution is 2.44. The van der Waals surface area contributed by atoms with Crippen LogP contribution in [-0.4, -0.2) is 4.57 Å². The van der Waals surface area contributed by atoms with Gasteiger partial charge in [0.1, 0.15) is 0 Å². The van der Waals surface area contributed by atoms with Gasteiger partial charge in [0, 0.05) is 36.6 Å². The van der Waals surface area contributed by atoms with E-state index in [4.69, 9.17) is 0 Å². The van der Waals surface area contributed by atoms with Crippen LogP contribution >= 0.6 is 11.3 Å². The van der Waals surface area contributed by atoms with Crippen LogP contribution in [0.2, 0.25) is 0 Å². The molecule has 0 saturated carbocycles. The first-order valence-corrected chi connectivity index (χ1v) is 14.5. The highest BCUT2D eigenvalue weighted by Gasteiger charge is 2.18. The predicted molar refractivity (Wildman–Crippen MR) is 174 cm³/mol. The van der Waals surface area contributed by atoms with Gasteiger partial charge in [-0.05, 0) is 81.2 Å². The first kappa shape index (κ1) is 22.0. The third kappa shape index (κ3) is 3.14. The Kier molecular flexibility index (Phi) is 4.55. The van der Waals surface area contributed by atoms with E-state index in [1.54, 1.807) is 0 Å². The van der Waals surface area contributed by atoms with Crippen molar-refractivity contribution >= 4 is 74.9 Å². The van der Waals surface area contributed by atoms with E-state index in [1.807, 2.05) is 11.3 Å². The van der Waals surface area contributed by atoms with Crippen LogP contribution in [0.4, 0.5) is 0 Å². The van der Waals surface area contributed by atoms with E-state index < -0.39 is 0 Å². The quantitative estimate of drug-likeness (QED) is 0.211. The molecule has 0 bridgehead atoms. The number of hydrogen-bond acceptors (Lipinski definition) is 1. The third-order valence-electron chi connectivity index (χ3n) is 8.34. The summed E-state index contributed by atoms with van der Waals surface area (Å²) in [5.41, 5.74) is 6.16. The van der Waals surface area contributed by atoms with E-state index in [1.165, 1.54) is 80.3 Å². The SMILES string of the molecule is c1ccc2cc(-c3ccc4c(c3)c3c5c(ccc3n4-c3ccc4ccccc4c3)sc3ccccc35)ccc2c1. The lowest BCUT2D eigenvalue weighted by Crippen LogP contribution is -1.93. The second-order valence-corrected chi connectivity index (χ2v) is 11.7. The maximum absolute atomic E-state index is 2.45. The molecule has 0 aliphatic rings. The van der Waals surface area contributed by atoms with Crippen molar-refractivity contribution in [2.45, 2.75) is 0 Å². The number of benzene rings is 7. The second-order valence-electron chi connectivity index (χ2n) is 10.6. The van der Waals surface area contributed by atoms with Gasteiger partial charge in [-0.15, -0.1) is 11.3 Å². The highest BCUT2D eigenvalue weighted by molar-refractivity contribution is 7.26. The Morgan fingerprint density at radius 3 is 1.90 bits per heavy atom. The summed E-state index contributed by atoms with van der Waals surface area (Å²) < 4.78 is 5.12. The largest absolute Gasteiger partial charge is 0.309 e. The van der Waals surface area contributed by atoms with Crippen molar-refractivity contribution < 1.29 is 0 Å². The first-order chi connectivity index (χ1) is 19.8. The number of fused-ring (bicyclic) bond motifs is 9. The number of hydrogen-bond donors (Lipinski definition) is 0. The molecule has 0 atom stereocenters. The standard InChI is InChI=1S/C38H23NS/c1-3-9-26-21-28(14-13-24(26)7-1)29-16-18-33-32(23-29)37-34(19-20-36-38(37)31-11-5-6-12-35(31)40-36)39(33)30-17-15-25-8-2-4-10-27(25)22-30/h1-23H. The number of thiophene rings is 1. The molecule has 1 nitrogen and oxygen atoms in total. The van der Waals surface area contributed by atoms with Crippen LogP contribution in [-0.2, 0) is 0 Å². The van der Waals surface area contributed by atoms with Gasteiger partial charge in [-0.2, -0.15) is 0 Å². The third-order valence-corrected chi connectivity index (χ3v) is 9.48. The Balaban J connectivity index is 1.41. The molecule has 0 spiro atoms. The van der Waals surface area contributed by atoms with Crippen molar-refractivity contribution in [3.63, 3.8) is 0 Å². The summed E-state index contributed by atoms with van der Waals surface area (Å²) in [6.45, 7) is 0. The smallest absolute Gasteiger partial charge is 0.0548 e. The van der Waals surface area contributed by atoms with Crippen LogP contribution in [0.5, 0.6) is 0 Å². The molecule has 2 heterocycles. The zero-order chi connectivity index (χ0) is 26.2. The van der Waals surface area contributed by atoms with E-state index in [0.717, 1.165) is 0 Å². The van der Waals surface area contributed by atoms with Crippen LogP contribution in [0.3, 0.4) is 0 Å². The maximum atomic E-state index is 2.45. The van der Waals surface area contributed by atoms with E-state index in [-0.39, 0.29) is 0 Å².